The molecule has 37 heavy (non-hydrogen) atoms. The van der Waals surface area contributed by atoms with Gasteiger partial charge in [0.25, 0.3) is 5.91 Å². The number of benzene rings is 2. The van der Waals surface area contributed by atoms with Gasteiger partial charge in [-0.05, 0) is 70.6 Å². The van der Waals surface area contributed by atoms with Gasteiger partial charge < -0.3 is 25.4 Å². The van der Waals surface area contributed by atoms with Gasteiger partial charge in [-0.3, -0.25) is 9.59 Å². The van der Waals surface area contributed by atoms with Crippen molar-refractivity contribution >= 4 is 23.6 Å². The normalized spacial score (nSPS) is 18.4. The molecular weight excluding hydrogens is 470 g/mol. The van der Waals surface area contributed by atoms with Crippen molar-refractivity contribution in [1.29, 1.82) is 0 Å². The Hall–Kier alpha value is -3.39. The minimum absolute atomic E-state index is 0.171. The van der Waals surface area contributed by atoms with Crippen LogP contribution in [0.4, 0.5) is 10.5 Å². The number of nitrogens with one attached hydrogen (secondary N) is 2. The molecule has 3 rings (SSSR count). The molecular formula is C29H39N3O5. The van der Waals surface area contributed by atoms with Gasteiger partial charge in [-0.1, -0.05) is 55.0 Å². The SMILES string of the molecule is Cc1cccc(C(C(=O)Nc2c(C)cccc2C)N(C(=O)C(CO)NC(=O)OC(C)(C)C)C2CC2C)c1. The minimum atomic E-state index is -1.26. The van der Waals surface area contributed by atoms with Crippen LogP contribution in [0.2, 0.25) is 0 Å². The molecule has 0 bridgehead atoms. The molecule has 0 spiro atoms. The minimum Gasteiger partial charge on any atom is -0.444 e. The van der Waals surface area contributed by atoms with Crippen LogP contribution in [0.25, 0.3) is 0 Å². The number of anilines is 1. The zero-order valence-corrected chi connectivity index (χ0v) is 22.8. The van der Waals surface area contributed by atoms with E-state index in [0.717, 1.165) is 23.1 Å². The molecule has 1 aliphatic rings. The molecule has 3 N–H and O–H groups in total. The second-order valence-corrected chi connectivity index (χ2v) is 11.0. The van der Waals surface area contributed by atoms with Crippen LogP contribution in [-0.4, -0.2) is 52.2 Å². The number of ether oxygens (including phenoxy) is 1. The number of alkyl carbamates (subject to hydrolysis) is 1. The number of carbonyl (C=O) groups is 3. The van der Waals surface area contributed by atoms with Gasteiger partial charge in [0, 0.05) is 11.7 Å². The van der Waals surface area contributed by atoms with Crippen molar-refractivity contribution in [3.63, 3.8) is 0 Å². The van der Waals surface area contributed by atoms with Crippen LogP contribution in [0.1, 0.15) is 62.4 Å². The fourth-order valence-electron chi connectivity index (χ4n) is 4.47. The summed E-state index contributed by atoms with van der Waals surface area (Å²) >= 11 is 0. The van der Waals surface area contributed by atoms with Crippen molar-refractivity contribution in [3.8, 4) is 0 Å². The summed E-state index contributed by atoms with van der Waals surface area (Å²) in [5, 5.41) is 15.6. The molecule has 0 heterocycles. The second-order valence-electron chi connectivity index (χ2n) is 11.0. The van der Waals surface area contributed by atoms with Crippen molar-refractivity contribution in [2.24, 2.45) is 5.92 Å². The predicted molar refractivity (Wildman–Crippen MR) is 143 cm³/mol. The van der Waals surface area contributed by atoms with Crippen LogP contribution in [0.3, 0.4) is 0 Å². The molecule has 0 aliphatic heterocycles. The molecule has 3 amide bonds. The number of nitrogens with zero attached hydrogens (tertiary/aromatic N) is 1. The highest BCUT2D eigenvalue weighted by Gasteiger charge is 2.48. The maximum Gasteiger partial charge on any atom is 0.408 e. The topological polar surface area (TPSA) is 108 Å². The lowest BCUT2D eigenvalue weighted by atomic mass is 9.99. The monoisotopic (exact) mass is 509 g/mol. The molecule has 4 atom stereocenters. The van der Waals surface area contributed by atoms with Gasteiger partial charge >= 0.3 is 6.09 Å². The zero-order valence-electron chi connectivity index (χ0n) is 22.8. The lowest BCUT2D eigenvalue weighted by molar-refractivity contribution is -0.142. The van der Waals surface area contributed by atoms with Gasteiger partial charge in [-0.2, -0.15) is 0 Å². The highest BCUT2D eigenvalue weighted by atomic mass is 16.6. The molecule has 1 fully saturated rings. The van der Waals surface area contributed by atoms with Gasteiger partial charge in [0.15, 0.2) is 0 Å². The average molecular weight is 510 g/mol. The van der Waals surface area contributed by atoms with Crippen LogP contribution < -0.4 is 10.6 Å². The first-order valence-corrected chi connectivity index (χ1v) is 12.7. The summed E-state index contributed by atoms with van der Waals surface area (Å²) in [5.74, 6) is -0.722. The second kappa shape index (κ2) is 11.3. The molecule has 0 saturated heterocycles. The highest BCUT2D eigenvalue weighted by molar-refractivity contribution is 6.00. The van der Waals surface area contributed by atoms with Crippen LogP contribution >= 0.6 is 0 Å². The predicted octanol–water partition coefficient (Wildman–Crippen LogP) is 4.41. The maximum absolute atomic E-state index is 14.0. The zero-order chi connectivity index (χ0) is 27.5. The van der Waals surface area contributed by atoms with Crippen LogP contribution in [0.15, 0.2) is 42.5 Å². The molecule has 8 nitrogen and oxygen atoms in total. The van der Waals surface area contributed by atoms with E-state index in [1.165, 1.54) is 4.90 Å². The Morgan fingerprint density at radius 2 is 1.68 bits per heavy atom. The molecule has 1 saturated carbocycles. The van der Waals surface area contributed by atoms with Crippen molar-refractivity contribution < 1.29 is 24.2 Å². The van der Waals surface area contributed by atoms with Crippen LogP contribution in [0, 0.1) is 26.7 Å². The third-order valence-electron chi connectivity index (χ3n) is 6.46. The quantitative estimate of drug-likeness (QED) is 0.488. The summed E-state index contributed by atoms with van der Waals surface area (Å²) in [6.07, 6.45) is -0.0919. The summed E-state index contributed by atoms with van der Waals surface area (Å²) < 4.78 is 5.30. The third kappa shape index (κ3) is 7.10. The van der Waals surface area contributed by atoms with Gasteiger partial charge in [-0.25, -0.2) is 4.79 Å². The Labute approximate surface area is 219 Å². The van der Waals surface area contributed by atoms with E-state index in [1.54, 1.807) is 20.8 Å². The number of hydrogen-bond donors (Lipinski definition) is 3. The van der Waals surface area contributed by atoms with E-state index >= 15 is 0 Å². The van der Waals surface area contributed by atoms with E-state index in [4.69, 9.17) is 4.74 Å². The molecule has 2 aromatic rings. The summed E-state index contributed by atoms with van der Waals surface area (Å²) in [6, 6.07) is 10.8. The van der Waals surface area contributed by atoms with Crippen LogP contribution in [0.5, 0.6) is 0 Å². The molecule has 1 aliphatic carbocycles. The Morgan fingerprint density at radius 1 is 1.08 bits per heavy atom. The average Bonchev–Trinajstić information content (AvgIpc) is 3.52. The highest BCUT2D eigenvalue weighted by Crippen LogP contribution is 2.41. The summed E-state index contributed by atoms with van der Waals surface area (Å²) in [6.45, 7) is 12.3. The molecule has 0 radical (unpaired) electrons. The first-order chi connectivity index (χ1) is 17.3. The number of amides is 3. The van der Waals surface area contributed by atoms with Gasteiger partial charge in [-0.15, -0.1) is 0 Å². The van der Waals surface area contributed by atoms with Crippen molar-refractivity contribution in [1.82, 2.24) is 10.2 Å². The van der Waals surface area contributed by atoms with E-state index in [-0.39, 0.29) is 17.9 Å². The lowest BCUT2D eigenvalue weighted by Crippen LogP contribution is -2.54. The van der Waals surface area contributed by atoms with Gasteiger partial charge in [0.05, 0.1) is 6.61 Å². The van der Waals surface area contributed by atoms with E-state index in [2.05, 4.69) is 10.6 Å². The number of aliphatic hydroxyl groups is 1. The molecule has 0 aromatic heterocycles. The summed E-state index contributed by atoms with van der Waals surface area (Å²) in [7, 11) is 0. The van der Waals surface area contributed by atoms with Crippen molar-refractivity contribution in [2.75, 3.05) is 11.9 Å². The lowest BCUT2D eigenvalue weighted by Gasteiger charge is -2.35. The maximum atomic E-state index is 14.0. The summed E-state index contributed by atoms with van der Waals surface area (Å²) in [4.78, 5) is 41.8. The van der Waals surface area contributed by atoms with E-state index in [9.17, 15) is 19.5 Å². The molecule has 8 heteroatoms. The van der Waals surface area contributed by atoms with E-state index < -0.39 is 36.3 Å². The Bertz CT molecular complexity index is 1140. The van der Waals surface area contributed by atoms with Gasteiger partial charge in [0.2, 0.25) is 5.91 Å². The first kappa shape index (κ1) is 28.2. The van der Waals surface area contributed by atoms with Gasteiger partial charge in [0.1, 0.15) is 17.7 Å². The van der Waals surface area contributed by atoms with E-state index in [1.807, 2.05) is 70.2 Å². The number of carbonyl (C=O) groups excluding carboxylic acids is 3. The standard InChI is InChI=1S/C29H39N3O5/c1-17-10-8-13-21(14-17)25(26(34)31-24-18(2)11-9-12-19(24)3)32(23-15-20(23)4)27(35)22(16-33)30-28(36)37-29(5,6)7/h8-14,20,22-23,25,33H,15-16H2,1-7H3,(H,30,36)(H,31,34). The number of para-hydroxylation sites is 1. The fraction of sp³-hybridized carbons (Fsp3) is 0.483. The van der Waals surface area contributed by atoms with Crippen LogP contribution in [-0.2, 0) is 14.3 Å². The third-order valence-corrected chi connectivity index (χ3v) is 6.46. The number of hydrogen-bond acceptors (Lipinski definition) is 5. The van der Waals surface area contributed by atoms with Crippen molar-refractivity contribution in [2.45, 2.75) is 78.6 Å². The molecule has 200 valence electrons. The summed E-state index contributed by atoms with van der Waals surface area (Å²) in [5.41, 5.74) is 3.36. The number of rotatable bonds is 8. The first-order valence-electron chi connectivity index (χ1n) is 12.7. The number of aliphatic hydroxyl groups excluding tert-OH is 1. The largest absolute Gasteiger partial charge is 0.444 e. The Balaban J connectivity index is 2.01. The smallest absolute Gasteiger partial charge is 0.408 e. The Kier molecular flexibility index (Phi) is 8.64. The molecule has 2 aromatic carbocycles. The molecule has 4 unspecified atom stereocenters. The fourth-order valence-corrected chi connectivity index (χ4v) is 4.47. The number of aryl methyl sites for hydroxylation is 3. The van der Waals surface area contributed by atoms with E-state index in [0.29, 0.717) is 11.3 Å². The van der Waals surface area contributed by atoms with Crippen molar-refractivity contribution in [3.05, 3.63) is 64.7 Å². The Morgan fingerprint density at radius 3 is 2.19 bits per heavy atom.